The molecule has 164 valence electrons. The number of sulfonamides is 1. The molecule has 0 fully saturated rings. The van der Waals surface area contributed by atoms with Crippen molar-refractivity contribution in [1.29, 1.82) is 0 Å². The topological polar surface area (TPSA) is 91.8 Å². The Labute approximate surface area is 180 Å². The third-order valence-electron chi connectivity index (χ3n) is 4.41. The minimum atomic E-state index is -3.27. The van der Waals surface area contributed by atoms with Gasteiger partial charge >= 0.3 is 0 Å². The fourth-order valence-electron chi connectivity index (χ4n) is 2.80. The Kier molecular flexibility index (Phi) is 8.68. The molecule has 0 aromatic heterocycles. The zero-order valence-electron chi connectivity index (χ0n) is 18.3. The highest BCUT2D eigenvalue weighted by Crippen LogP contribution is 2.21. The lowest BCUT2D eigenvalue weighted by Gasteiger charge is -2.17. The molecule has 0 atom stereocenters. The number of nitrogens with zero attached hydrogens (tertiary/aromatic N) is 1. The van der Waals surface area contributed by atoms with Crippen molar-refractivity contribution in [2.75, 3.05) is 14.1 Å². The van der Waals surface area contributed by atoms with Crippen LogP contribution < -0.4 is 20.1 Å². The van der Waals surface area contributed by atoms with Crippen molar-refractivity contribution in [3.8, 4) is 5.75 Å². The molecule has 0 unspecified atom stereocenters. The highest BCUT2D eigenvalue weighted by molar-refractivity contribution is 7.88. The van der Waals surface area contributed by atoms with Gasteiger partial charge in [0.25, 0.3) is 0 Å². The molecule has 0 radical (unpaired) electrons. The first kappa shape index (κ1) is 23.7. The van der Waals surface area contributed by atoms with Gasteiger partial charge < -0.3 is 15.4 Å². The molecule has 3 N–H and O–H groups in total. The normalized spacial score (nSPS) is 12.1. The van der Waals surface area contributed by atoms with Crippen LogP contribution in [0.1, 0.15) is 36.1 Å². The average Bonchev–Trinajstić information content (AvgIpc) is 2.70. The molecular weight excluding hydrogens is 400 g/mol. The van der Waals surface area contributed by atoms with Gasteiger partial charge in [-0.3, -0.25) is 4.99 Å². The van der Waals surface area contributed by atoms with Crippen molar-refractivity contribution < 1.29 is 13.2 Å². The van der Waals surface area contributed by atoms with E-state index in [2.05, 4.69) is 32.5 Å². The standard InChI is InChI=1S/C22H32N4O3S/c1-16(2)29-21-12-17(3)6-11-20(21)14-26-22(23-4)25-13-18-7-9-19(10-8-18)15-30(27,28)24-5/h6-12,16,24H,13-15H2,1-5H3,(H2,23,25,26). The maximum Gasteiger partial charge on any atom is 0.215 e. The minimum Gasteiger partial charge on any atom is -0.491 e. The smallest absolute Gasteiger partial charge is 0.215 e. The Morgan fingerprint density at radius 3 is 2.27 bits per heavy atom. The zero-order valence-corrected chi connectivity index (χ0v) is 19.1. The van der Waals surface area contributed by atoms with E-state index in [0.29, 0.717) is 19.0 Å². The Bertz CT molecular complexity index is 955. The van der Waals surface area contributed by atoms with Gasteiger partial charge in [-0.15, -0.1) is 0 Å². The molecule has 0 heterocycles. The Morgan fingerprint density at radius 1 is 1.03 bits per heavy atom. The Morgan fingerprint density at radius 2 is 1.67 bits per heavy atom. The first-order valence-electron chi connectivity index (χ1n) is 9.92. The first-order chi connectivity index (χ1) is 14.2. The lowest BCUT2D eigenvalue weighted by atomic mass is 10.1. The predicted molar refractivity (Wildman–Crippen MR) is 122 cm³/mol. The van der Waals surface area contributed by atoms with Crippen LogP contribution in [0.15, 0.2) is 47.5 Å². The van der Waals surface area contributed by atoms with Gasteiger partial charge in [0.2, 0.25) is 10.0 Å². The van der Waals surface area contributed by atoms with Gasteiger partial charge in [0, 0.05) is 25.7 Å². The van der Waals surface area contributed by atoms with Gasteiger partial charge in [-0.05, 0) is 50.6 Å². The van der Waals surface area contributed by atoms with E-state index < -0.39 is 10.0 Å². The first-order valence-corrected chi connectivity index (χ1v) is 11.6. The molecule has 0 aliphatic rings. The molecule has 2 rings (SSSR count). The number of nitrogens with one attached hydrogen (secondary N) is 3. The minimum absolute atomic E-state index is 0.0300. The van der Waals surface area contributed by atoms with Crippen LogP contribution in [0.3, 0.4) is 0 Å². The van der Waals surface area contributed by atoms with Gasteiger partial charge in [-0.1, -0.05) is 36.4 Å². The van der Waals surface area contributed by atoms with E-state index in [1.165, 1.54) is 7.05 Å². The summed E-state index contributed by atoms with van der Waals surface area (Å²) in [4.78, 5) is 4.27. The van der Waals surface area contributed by atoms with E-state index in [-0.39, 0.29) is 11.9 Å². The second-order valence-electron chi connectivity index (χ2n) is 7.34. The lowest BCUT2D eigenvalue weighted by molar-refractivity contribution is 0.239. The number of rotatable bonds is 9. The molecule has 0 saturated carbocycles. The molecule has 7 nitrogen and oxygen atoms in total. The molecule has 0 amide bonds. The quantitative estimate of drug-likeness (QED) is 0.419. The summed E-state index contributed by atoms with van der Waals surface area (Å²) in [7, 11) is -0.126. The van der Waals surface area contributed by atoms with Crippen molar-refractivity contribution in [3.63, 3.8) is 0 Å². The summed E-state index contributed by atoms with van der Waals surface area (Å²) in [5, 5.41) is 6.58. The molecule has 2 aromatic carbocycles. The molecule has 2 aromatic rings. The molecule has 0 spiro atoms. The highest BCUT2D eigenvalue weighted by atomic mass is 32.2. The maximum absolute atomic E-state index is 11.6. The summed E-state index contributed by atoms with van der Waals surface area (Å²) in [6, 6.07) is 13.6. The van der Waals surface area contributed by atoms with E-state index in [0.717, 1.165) is 28.0 Å². The van der Waals surface area contributed by atoms with E-state index >= 15 is 0 Å². The monoisotopic (exact) mass is 432 g/mol. The zero-order chi connectivity index (χ0) is 22.1. The largest absolute Gasteiger partial charge is 0.491 e. The number of ether oxygens (including phenoxy) is 1. The van der Waals surface area contributed by atoms with Crippen molar-refractivity contribution >= 4 is 16.0 Å². The van der Waals surface area contributed by atoms with Crippen LogP contribution in [0.5, 0.6) is 5.75 Å². The summed E-state index contributed by atoms with van der Waals surface area (Å²) >= 11 is 0. The molecule has 0 aliphatic carbocycles. The molecule has 0 aliphatic heterocycles. The average molecular weight is 433 g/mol. The number of aryl methyl sites for hydroxylation is 1. The Hall–Kier alpha value is -2.58. The fraction of sp³-hybridized carbons (Fsp3) is 0.409. The second-order valence-corrected chi connectivity index (χ2v) is 9.26. The van der Waals surface area contributed by atoms with Crippen LogP contribution in [0, 0.1) is 6.92 Å². The van der Waals surface area contributed by atoms with Crippen molar-refractivity contribution in [2.24, 2.45) is 4.99 Å². The van der Waals surface area contributed by atoms with Crippen LogP contribution >= 0.6 is 0 Å². The van der Waals surface area contributed by atoms with Crippen molar-refractivity contribution in [3.05, 3.63) is 64.7 Å². The van der Waals surface area contributed by atoms with Gasteiger partial charge in [0.1, 0.15) is 5.75 Å². The van der Waals surface area contributed by atoms with E-state index in [4.69, 9.17) is 4.74 Å². The predicted octanol–water partition coefficient (Wildman–Crippen LogP) is 2.70. The third kappa shape index (κ3) is 7.68. The summed E-state index contributed by atoms with van der Waals surface area (Å²) < 4.78 is 31.5. The molecule has 30 heavy (non-hydrogen) atoms. The fourth-order valence-corrected chi connectivity index (χ4v) is 3.58. The van der Waals surface area contributed by atoms with E-state index in [9.17, 15) is 8.42 Å². The van der Waals surface area contributed by atoms with Gasteiger partial charge in [-0.25, -0.2) is 13.1 Å². The van der Waals surface area contributed by atoms with Gasteiger partial charge in [0.05, 0.1) is 11.9 Å². The lowest BCUT2D eigenvalue weighted by Crippen LogP contribution is -2.36. The van der Waals surface area contributed by atoms with Crippen LogP contribution in [0.4, 0.5) is 0 Å². The second kappa shape index (κ2) is 11.0. The summed E-state index contributed by atoms with van der Waals surface area (Å²) in [6.07, 6.45) is 0.106. The maximum atomic E-state index is 11.6. The van der Waals surface area contributed by atoms with E-state index in [1.807, 2.05) is 51.1 Å². The van der Waals surface area contributed by atoms with Crippen LogP contribution in [0.25, 0.3) is 0 Å². The number of benzene rings is 2. The third-order valence-corrected chi connectivity index (χ3v) is 5.74. The van der Waals surface area contributed by atoms with E-state index in [1.54, 1.807) is 7.05 Å². The van der Waals surface area contributed by atoms with Crippen LogP contribution in [-0.2, 0) is 28.9 Å². The van der Waals surface area contributed by atoms with Crippen LogP contribution in [0.2, 0.25) is 0 Å². The SMILES string of the molecule is CN=C(NCc1ccc(CS(=O)(=O)NC)cc1)NCc1ccc(C)cc1OC(C)C. The van der Waals surface area contributed by atoms with Crippen molar-refractivity contribution in [1.82, 2.24) is 15.4 Å². The molecular formula is C22H32N4O3S. The van der Waals surface area contributed by atoms with Crippen LogP contribution in [-0.4, -0.2) is 34.6 Å². The molecule has 8 heteroatoms. The molecule has 0 bridgehead atoms. The van der Waals surface area contributed by atoms with Gasteiger partial charge in [-0.2, -0.15) is 0 Å². The summed E-state index contributed by atoms with van der Waals surface area (Å²) in [6.45, 7) is 7.23. The summed E-state index contributed by atoms with van der Waals surface area (Å²) in [5.74, 6) is 1.52. The number of aliphatic imine (C=N–C) groups is 1. The highest BCUT2D eigenvalue weighted by Gasteiger charge is 2.09. The van der Waals surface area contributed by atoms with Crippen molar-refractivity contribution in [2.45, 2.75) is 45.7 Å². The summed E-state index contributed by atoms with van der Waals surface area (Å²) in [5.41, 5.74) is 3.99. The van der Waals surface area contributed by atoms with Gasteiger partial charge in [0.15, 0.2) is 5.96 Å². The number of hydrogen-bond acceptors (Lipinski definition) is 4. The molecule has 0 saturated heterocycles. The Balaban J connectivity index is 1.93. The number of hydrogen-bond donors (Lipinski definition) is 3. The number of guanidine groups is 1.